The van der Waals surface area contributed by atoms with Crippen LogP contribution in [0.2, 0.25) is 0 Å². The van der Waals surface area contributed by atoms with E-state index < -0.39 is 29.2 Å². The molecule has 1 aromatic heterocycles. The molecular formula is C22H21NO7S2. The molecule has 0 saturated heterocycles. The number of hydrogen-bond donors (Lipinski definition) is 0. The number of esters is 1. The molecule has 0 spiro atoms. The summed E-state index contributed by atoms with van der Waals surface area (Å²) in [7, 11) is -0.646. The number of anilines is 1. The number of carbonyl (C=O) groups excluding carboxylic acids is 2. The van der Waals surface area contributed by atoms with E-state index in [0.717, 1.165) is 11.3 Å². The van der Waals surface area contributed by atoms with Gasteiger partial charge in [0.1, 0.15) is 15.7 Å². The molecule has 10 heteroatoms. The molecule has 1 heterocycles. The van der Waals surface area contributed by atoms with Gasteiger partial charge in [-0.05, 0) is 60.0 Å². The van der Waals surface area contributed by atoms with Crippen LogP contribution in [0.3, 0.4) is 0 Å². The molecule has 0 N–H and O–H groups in total. The number of nitrogens with zero attached hydrogens (tertiary/aromatic N) is 1. The van der Waals surface area contributed by atoms with Crippen molar-refractivity contribution in [2.24, 2.45) is 0 Å². The van der Waals surface area contributed by atoms with Gasteiger partial charge >= 0.3 is 5.97 Å². The summed E-state index contributed by atoms with van der Waals surface area (Å²) >= 11 is 1.14. The summed E-state index contributed by atoms with van der Waals surface area (Å²) in [6, 6.07) is 15.9. The van der Waals surface area contributed by atoms with E-state index in [1.54, 1.807) is 66.0 Å². The molecular weight excluding hydrogens is 454 g/mol. The van der Waals surface area contributed by atoms with Crippen LogP contribution in [0.25, 0.3) is 0 Å². The van der Waals surface area contributed by atoms with Crippen molar-refractivity contribution in [2.45, 2.75) is 4.21 Å². The van der Waals surface area contributed by atoms with Crippen LogP contribution in [-0.2, 0) is 19.6 Å². The zero-order chi connectivity index (χ0) is 23.1. The molecule has 0 radical (unpaired) electrons. The topological polar surface area (TPSA) is 99.2 Å². The molecule has 0 aliphatic rings. The molecule has 3 aromatic rings. The standard InChI is InChI=1S/C22H21NO7S2/c1-23(32(26,27)22-4-3-13-31-22)17-7-11-19(12-8-17)29-15-21(25)30-14-20(24)16-5-9-18(28-2)10-6-16/h3-13H,14-15H2,1-2H3. The summed E-state index contributed by atoms with van der Waals surface area (Å²) in [5.41, 5.74) is 0.843. The van der Waals surface area contributed by atoms with Crippen LogP contribution < -0.4 is 13.8 Å². The first-order chi connectivity index (χ1) is 15.3. The van der Waals surface area contributed by atoms with Gasteiger partial charge in [-0.1, -0.05) is 6.07 Å². The number of thiophene rings is 1. The molecule has 0 bridgehead atoms. The highest BCUT2D eigenvalue weighted by molar-refractivity contribution is 7.94. The van der Waals surface area contributed by atoms with E-state index in [2.05, 4.69) is 0 Å². The number of benzene rings is 2. The number of ketones is 1. The van der Waals surface area contributed by atoms with E-state index >= 15 is 0 Å². The molecule has 32 heavy (non-hydrogen) atoms. The highest BCUT2D eigenvalue weighted by Gasteiger charge is 2.22. The van der Waals surface area contributed by atoms with Gasteiger partial charge in [0.25, 0.3) is 10.0 Å². The second kappa shape index (κ2) is 10.3. The predicted octanol–water partition coefficient (Wildman–Crippen LogP) is 3.39. The van der Waals surface area contributed by atoms with Crippen molar-refractivity contribution < 1.29 is 32.2 Å². The Morgan fingerprint density at radius 1 is 0.938 bits per heavy atom. The fourth-order valence-corrected chi connectivity index (χ4v) is 4.98. The third-order valence-corrected chi connectivity index (χ3v) is 7.60. The first-order valence-electron chi connectivity index (χ1n) is 9.39. The second-order valence-corrected chi connectivity index (χ2v) is 9.64. The quantitative estimate of drug-likeness (QED) is 0.327. The number of carbonyl (C=O) groups is 2. The van der Waals surface area contributed by atoms with E-state index in [1.807, 2.05) is 0 Å². The van der Waals surface area contributed by atoms with Crippen LogP contribution in [0.15, 0.2) is 70.3 Å². The lowest BCUT2D eigenvalue weighted by Gasteiger charge is -2.18. The lowest BCUT2D eigenvalue weighted by Crippen LogP contribution is -2.25. The zero-order valence-corrected chi connectivity index (χ0v) is 19.0. The van der Waals surface area contributed by atoms with Gasteiger partial charge in [-0.15, -0.1) is 11.3 Å². The van der Waals surface area contributed by atoms with Gasteiger partial charge in [0.15, 0.2) is 19.0 Å². The minimum absolute atomic E-state index is 0.243. The zero-order valence-electron chi connectivity index (χ0n) is 17.4. The van der Waals surface area contributed by atoms with Gasteiger partial charge in [-0.2, -0.15) is 0 Å². The van der Waals surface area contributed by atoms with Gasteiger partial charge in [-0.3, -0.25) is 9.10 Å². The highest BCUT2D eigenvalue weighted by atomic mass is 32.2. The second-order valence-electron chi connectivity index (χ2n) is 6.50. The minimum atomic E-state index is -3.63. The largest absolute Gasteiger partial charge is 0.497 e. The Morgan fingerprint density at radius 2 is 1.59 bits per heavy atom. The number of sulfonamides is 1. The Hall–Kier alpha value is -3.37. The first-order valence-corrected chi connectivity index (χ1v) is 11.7. The Balaban J connectivity index is 1.49. The Kier molecular flexibility index (Phi) is 7.49. The lowest BCUT2D eigenvalue weighted by molar-refractivity contribution is -0.144. The third kappa shape index (κ3) is 5.65. The molecule has 0 aliphatic carbocycles. The van der Waals surface area contributed by atoms with Gasteiger partial charge in [0, 0.05) is 12.6 Å². The fourth-order valence-electron chi connectivity index (χ4n) is 2.63. The smallest absolute Gasteiger partial charge is 0.344 e. The van der Waals surface area contributed by atoms with Crippen molar-refractivity contribution in [2.75, 3.05) is 31.7 Å². The normalized spacial score (nSPS) is 10.9. The first kappa shape index (κ1) is 23.3. The Labute approximate surface area is 190 Å². The maximum absolute atomic E-state index is 12.6. The average molecular weight is 476 g/mol. The maximum Gasteiger partial charge on any atom is 0.344 e. The van der Waals surface area contributed by atoms with Gasteiger partial charge < -0.3 is 14.2 Å². The molecule has 0 unspecified atom stereocenters. The molecule has 2 aromatic carbocycles. The minimum Gasteiger partial charge on any atom is -0.497 e. The molecule has 0 atom stereocenters. The summed E-state index contributed by atoms with van der Waals surface area (Å²) in [4.78, 5) is 24.0. The summed E-state index contributed by atoms with van der Waals surface area (Å²) in [6.07, 6.45) is 0. The van der Waals surface area contributed by atoms with E-state index in [-0.39, 0.29) is 9.99 Å². The summed E-state index contributed by atoms with van der Waals surface area (Å²) in [5.74, 6) is -0.0731. The molecule has 0 saturated carbocycles. The van der Waals surface area contributed by atoms with Crippen LogP contribution in [0.1, 0.15) is 10.4 Å². The van der Waals surface area contributed by atoms with Gasteiger partial charge in [-0.25, -0.2) is 13.2 Å². The van der Waals surface area contributed by atoms with Crippen LogP contribution in [-0.4, -0.2) is 47.5 Å². The summed E-state index contributed by atoms with van der Waals surface area (Å²) < 4.78 is 41.9. The van der Waals surface area contributed by atoms with E-state index in [4.69, 9.17) is 14.2 Å². The van der Waals surface area contributed by atoms with E-state index in [1.165, 1.54) is 18.5 Å². The van der Waals surface area contributed by atoms with Crippen molar-refractivity contribution >= 4 is 38.8 Å². The van der Waals surface area contributed by atoms with Crippen LogP contribution in [0.5, 0.6) is 11.5 Å². The lowest BCUT2D eigenvalue weighted by atomic mass is 10.1. The van der Waals surface area contributed by atoms with Crippen molar-refractivity contribution in [3.8, 4) is 11.5 Å². The molecule has 8 nitrogen and oxygen atoms in total. The number of Topliss-reactive ketones (excluding diaryl/α,β-unsaturated/α-hetero) is 1. The Morgan fingerprint density at radius 3 is 2.19 bits per heavy atom. The number of methoxy groups -OCH3 is 1. The SMILES string of the molecule is COc1ccc(C(=O)COC(=O)COc2ccc(N(C)S(=O)(=O)c3cccs3)cc2)cc1. The molecule has 0 fully saturated rings. The van der Waals surface area contributed by atoms with E-state index in [9.17, 15) is 18.0 Å². The molecule has 3 rings (SSSR count). The van der Waals surface area contributed by atoms with Crippen molar-refractivity contribution in [1.82, 2.24) is 0 Å². The van der Waals surface area contributed by atoms with Crippen LogP contribution in [0, 0.1) is 0 Å². The number of hydrogen-bond acceptors (Lipinski definition) is 8. The van der Waals surface area contributed by atoms with Crippen molar-refractivity contribution in [1.29, 1.82) is 0 Å². The third-order valence-electron chi connectivity index (χ3n) is 4.44. The van der Waals surface area contributed by atoms with E-state index in [0.29, 0.717) is 22.7 Å². The highest BCUT2D eigenvalue weighted by Crippen LogP contribution is 2.26. The van der Waals surface area contributed by atoms with Crippen LogP contribution >= 0.6 is 11.3 Å². The fraction of sp³-hybridized carbons (Fsp3) is 0.182. The van der Waals surface area contributed by atoms with Crippen molar-refractivity contribution in [3.63, 3.8) is 0 Å². The molecule has 168 valence electrons. The average Bonchev–Trinajstić information content (AvgIpc) is 3.37. The predicted molar refractivity (Wildman–Crippen MR) is 120 cm³/mol. The number of ether oxygens (including phenoxy) is 3. The van der Waals surface area contributed by atoms with Gasteiger partial charge in [0.2, 0.25) is 0 Å². The summed E-state index contributed by atoms with van der Waals surface area (Å²) in [6.45, 7) is -0.794. The Bertz CT molecular complexity index is 1160. The van der Waals surface area contributed by atoms with Gasteiger partial charge in [0.05, 0.1) is 12.8 Å². The molecule has 0 aliphatic heterocycles. The summed E-state index contributed by atoms with van der Waals surface area (Å²) in [5, 5.41) is 1.70. The maximum atomic E-state index is 12.6. The molecule has 0 amide bonds. The number of rotatable bonds is 10. The monoisotopic (exact) mass is 475 g/mol. The van der Waals surface area contributed by atoms with Crippen LogP contribution in [0.4, 0.5) is 5.69 Å². The van der Waals surface area contributed by atoms with Crippen molar-refractivity contribution in [3.05, 3.63) is 71.6 Å².